The van der Waals surface area contributed by atoms with Crippen LogP contribution in [0.5, 0.6) is 0 Å². The molecule has 0 saturated carbocycles. The van der Waals surface area contributed by atoms with Gasteiger partial charge in [0.1, 0.15) is 0 Å². The van der Waals surface area contributed by atoms with Gasteiger partial charge in [0.15, 0.2) is 0 Å². The zero-order chi connectivity index (χ0) is 12.6. The monoisotopic (exact) mass is 261 g/mol. The lowest BCUT2D eigenvalue weighted by Crippen LogP contribution is -2.45. The summed E-state index contributed by atoms with van der Waals surface area (Å²) in [6.07, 6.45) is 5.00. The van der Waals surface area contributed by atoms with E-state index in [2.05, 4.69) is 11.8 Å². The van der Waals surface area contributed by atoms with E-state index in [-0.39, 0.29) is 0 Å². The zero-order valence-electron chi connectivity index (χ0n) is 11.5. The molecular formula is C12H27NO3Si. The highest BCUT2D eigenvalue weighted by Crippen LogP contribution is 2.19. The van der Waals surface area contributed by atoms with E-state index in [1.165, 1.54) is 25.8 Å². The first-order valence-corrected chi connectivity index (χ1v) is 8.66. The van der Waals surface area contributed by atoms with Gasteiger partial charge < -0.3 is 18.2 Å². The van der Waals surface area contributed by atoms with E-state index in [1.807, 2.05) is 0 Å². The number of hydrogen-bond acceptors (Lipinski definition) is 4. The molecule has 1 fully saturated rings. The van der Waals surface area contributed by atoms with Crippen molar-refractivity contribution >= 4 is 8.80 Å². The van der Waals surface area contributed by atoms with Gasteiger partial charge in [-0.2, -0.15) is 0 Å². The summed E-state index contributed by atoms with van der Waals surface area (Å²) in [5.41, 5.74) is 0. The Balaban J connectivity index is 2.53. The van der Waals surface area contributed by atoms with Crippen LogP contribution in [-0.2, 0) is 13.3 Å². The SMILES string of the molecule is CCN1CCCCCC[Si](OC)(OC)OCC1. The molecule has 0 aromatic rings. The van der Waals surface area contributed by atoms with Gasteiger partial charge in [-0.1, -0.05) is 19.8 Å². The predicted octanol–water partition coefficient (Wildman–Crippen LogP) is 2.13. The van der Waals surface area contributed by atoms with Gasteiger partial charge in [0, 0.05) is 26.8 Å². The van der Waals surface area contributed by atoms with Crippen molar-refractivity contribution in [3.63, 3.8) is 0 Å². The number of likely N-dealkylation sites (N-methyl/N-ethyl adjacent to an activating group) is 1. The first-order chi connectivity index (χ1) is 8.26. The predicted molar refractivity (Wildman–Crippen MR) is 71.1 cm³/mol. The lowest BCUT2D eigenvalue weighted by molar-refractivity contribution is 0.0864. The molecule has 0 aromatic heterocycles. The largest absolute Gasteiger partial charge is 0.500 e. The average molecular weight is 261 g/mol. The van der Waals surface area contributed by atoms with E-state index < -0.39 is 8.80 Å². The molecule has 17 heavy (non-hydrogen) atoms. The highest BCUT2D eigenvalue weighted by Gasteiger charge is 2.38. The number of rotatable bonds is 3. The van der Waals surface area contributed by atoms with Crippen LogP contribution in [0.1, 0.15) is 32.6 Å². The van der Waals surface area contributed by atoms with Crippen LogP contribution < -0.4 is 0 Å². The normalized spacial score (nSPS) is 24.2. The van der Waals surface area contributed by atoms with Gasteiger partial charge in [-0.25, -0.2) is 0 Å². The van der Waals surface area contributed by atoms with Crippen LogP contribution >= 0.6 is 0 Å². The summed E-state index contributed by atoms with van der Waals surface area (Å²) in [4.78, 5) is 2.44. The molecule has 5 heteroatoms. The summed E-state index contributed by atoms with van der Waals surface area (Å²) in [5, 5.41) is 0. The van der Waals surface area contributed by atoms with E-state index >= 15 is 0 Å². The summed E-state index contributed by atoms with van der Waals surface area (Å²) in [6, 6.07) is 0.951. The fourth-order valence-electron chi connectivity index (χ4n) is 2.27. The molecule has 0 spiro atoms. The van der Waals surface area contributed by atoms with Crippen molar-refractivity contribution in [3.05, 3.63) is 0 Å². The van der Waals surface area contributed by atoms with Crippen molar-refractivity contribution in [2.24, 2.45) is 0 Å². The Kier molecular flexibility index (Phi) is 7.30. The van der Waals surface area contributed by atoms with Crippen molar-refractivity contribution in [2.45, 2.75) is 38.7 Å². The molecule has 0 N–H and O–H groups in total. The maximum atomic E-state index is 5.94. The van der Waals surface area contributed by atoms with Gasteiger partial charge >= 0.3 is 8.80 Å². The summed E-state index contributed by atoms with van der Waals surface area (Å²) in [5.74, 6) is 0. The van der Waals surface area contributed by atoms with Crippen LogP contribution in [0.4, 0.5) is 0 Å². The topological polar surface area (TPSA) is 30.9 Å². The summed E-state index contributed by atoms with van der Waals surface area (Å²) < 4.78 is 17.0. The molecule has 1 rings (SSSR count). The molecular weight excluding hydrogens is 234 g/mol. The molecule has 102 valence electrons. The molecule has 0 unspecified atom stereocenters. The van der Waals surface area contributed by atoms with Gasteiger partial charge in [-0.3, -0.25) is 0 Å². The Hall–Kier alpha value is 0.0569. The van der Waals surface area contributed by atoms with Crippen molar-refractivity contribution in [1.82, 2.24) is 4.90 Å². The van der Waals surface area contributed by atoms with E-state index in [0.717, 1.165) is 32.2 Å². The second kappa shape index (κ2) is 8.21. The lowest BCUT2D eigenvalue weighted by Gasteiger charge is -2.27. The van der Waals surface area contributed by atoms with Crippen LogP contribution in [0.25, 0.3) is 0 Å². The van der Waals surface area contributed by atoms with Crippen molar-refractivity contribution in [2.75, 3.05) is 40.5 Å². The van der Waals surface area contributed by atoms with Gasteiger partial charge in [0.2, 0.25) is 0 Å². The van der Waals surface area contributed by atoms with E-state index in [1.54, 1.807) is 14.2 Å². The first kappa shape index (κ1) is 15.1. The summed E-state index contributed by atoms with van der Waals surface area (Å²) in [7, 11) is 1.07. The quantitative estimate of drug-likeness (QED) is 0.728. The molecule has 0 bridgehead atoms. The van der Waals surface area contributed by atoms with E-state index in [4.69, 9.17) is 13.3 Å². The maximum Gasteiger partial charge on any atom is 0.500 e. The van der Waals surface area contributed by atoms with Crippen LogP contribution in [0.3, 0.4) is 0 Å². The Morgan fingerprint density at radius 3 is 2.41 bits per heavy atom. The van der Waals surface area contributed by atoms with Crippen molar-refractivity contribution in [1.29, 1.82) is 0 Å². The second-order valence-electron chi connectivity index (χ2n) is 4.54. The summed E-state index contributed by atoms with van der Waals surface area (Å²) >= 11 is 0. The van der Waals surface area contributed by atoms with Gasteiger partial charge in [0.25, 0.3) is 0 Å². The minimum Gasteiger partial charge on any atom is -0.377 e. The van der Waals surface area contributed by atoms with E-state index in [0.29, 0.717) is 0 Å². The molecule has 1 aliphatic heterocycles. The highest BCUT2D eigenvalue weighted by molar-refractivity contribution is 6.60. The fourth-order valence-corrected chi connectivity index (χ4v) is 4.31. The van der Waals surface area contributed by atoms with Crippen LogP contribution in [0.2, 0.25) is 6.04 Å². The Morgan fingerprint density at radius 1 is 1.06 bits per heavy atom. The van der Waals surface area contributed by atoms with Gasteiger partial charge in [0.05, 0.1) is 6.61 Å². The molecule has 1 saturated heterocycles. The van der Waals surface area contributed by atoms with Crippen molar-refractivity contribution in [3.8, 4) is 0 Å². The number of hydrogen-bond donors (Lipinski definition) is 0. The minimum atomic E-state index is -2.36. The maximum absolute atomic E-state index is 5.94. The van der Waals surface area contributed by atoms with Gasteiger partial charge in [-0.15, -0.1) is 0 Å². The van der Waals surface area contributed by atoms with Gasteiger partial charge in [-0.05, 0) is 25.9 Å². The van der Waals surface area contributed by atoms with Crippen LogP contribution in [0, 0.1) is 0 Å². The van der Waals surface area contributed by atoms with Crippen LogP contribution in [0.15, 0.2) is 0 Å². The molecule has 0 aliphatic carbocycles. The molecule has 0 amide bonds. The third kappa shape index (κ3) is 5.05. The first-order valence-electron chi connectivity index (χ1n) is 6.73. The zero-order valence-corrected chi connectivity index (χ0v) is 12.5. The molecule has 1 aliphatic rings. The minimum absolute atomic E-state index is 0.724. The third-order valence-electron chi connectivity index (χ3n) is 3.51. The smallest absolute Gasteiger partial charge is 0.377 e. The molecule has 0 atom stereocenters. The van der Waals surface area contributed by atoms with E-state index in [9.17, 15) is 0 Å². The Bertz CT molecular complexity index is 200. The average Bonchev–Trinajstić information content (AvgIpc) is 2.42. The highest BCUT2D eigenvalue weighted by atomic mass is 28.4. The van der Waals surface area contributed by atoms with Crippen LogP contribution in [-0.4, -0.2) is 54.2 Å². The Labute approximate surface area is 107 Å². The molecule has 0 aromatic carbocycles. The fraction of sp³-hybridized carbons (Fsp3) is 1.00. The molecule has 0 radical (unpaired) electrons. The molecule has 4 nitrogen and oxygen atoms in total. The lowest BCUT2D eigenvalue weighted by atomic mass is 10.2. The Morgan fingerprint density at radius 2 is 1.76 bits per heavy atom. The van der Waals surface area contributed by atoms with Crippen molar-refractivity contribution < 1.29 is 13.3 Å². The number of nitrogens with zero attached hydrogens (tertiary/aromatic N) is 1. The second-order valence-corrected chi connectivity index (χ2v) is 7.51. The molecule has 1 heterocycles. The third-order valence-corrected chi connectivity index (χ3v) is 6.36. The summed E-state index contributed by atoms with van der Waals surface area (Å²) in [6.45, 7) is 6.20. The standard InChI is InChI=1S/C12H27NO3Si/c1-4-13-9-7-5-6-8-12-17(14-2,15-3)16-11-10-13/h4-12H2,1-3H3.